The van der Waals surface area contributed by atoms with Crippen molar-refractivity contribution in [3.63, 3.8) is 0 Å². The number of ether oxygens (including phenoxy) is 2. The molecule has 5 nitrogen and oxygen atoms in total. The van der Waals surface area contributed by atoms with Crippen LogP contribution >= 0.6 is 11.3 Å². The Bertz CT molecular complexity index is 576. The molecule has 6 heteroatoms. The Hall–Kier alpha value is -0.980. The predicted octanol–water partition coefficient (Wildman–Crippen LogP) is 2.64. The fraction of sp³-hybridized carbons (Fsp3) is 0.765. The molecule has 1 spiro atoms. The van der Waals surface area contributed by atoms with Crippen LogP contribution in [0.3, 0.4) is 0 Å². The summed E-state index contributed by atoms with van der Waals surface area (Å²) in [7, 11) is 0. The Kier molecular flexibility index (Phi) is 4.15. The Balaban J connectivity index is 1.29. The first kappa shape index (κ1) is 15.5. The van der Waals surface area contributed by atoms with Crippen LogP contribution < -0.4 is 0 Å². The molecule has 2 aliphatic heterocycles. The molecular weight excluding hydrogens is 312 g/mol. The van der Waals surface area contributed by atoms with Gasteiger partial charge in [0.15, 0.2) is 0 Å². The zero-order valence-electron chi connectivity index (χ0n) is 13.6. The molecule has 4 rings (SSSR count). The fourth-order valence-corrected chi connectivity index (χ4v) is 4.14. The van der Waals surface area contributed by atoms with E-state index < -0.39 is 0 Å². The van der Waals surface area contributed by atoms with Crippen LogP contribution in [-0.2, 0) is 9.47 Å². The number of aryl methyl sites for hydroxylation is 1. The highest BCUT2D eigenvalue weighted by molar-refractivity contribution is 7.09. The van der Waals surface area contributed by atoms with Crippen LogP contribution in [0.5, 0.6) is 0 Å². The molecule has 1 aromatic rings. The SMILES string of the molecule is Cc1nc(C(=O)N2CCC3(CC2)CC(OCC2CC2)CO3)cs1. The van der Waals surface area contributed by atoms with Gasteiger partial charge in [-0.3, -0.25) is 4.79 Å². The van der Waals surface area contributed by atoms with Crippen molar-refractivity contribution in [2.75, 3.05) is 26.3 Å². The molecule has 1 amide bonds. The monoisotopic (exact) mass is 336 g/mol. The van der Waals surface area contributed by atoms with Gasteiger partial charge in [0, 0.05) is 31.5 Å². The van der Waals surface area contributed by atoms with Gasteiger partial charge in [-0.2, -0.15) is 0 Å². The topological polar surface area (TPSA) is 51.7 Å². The average molecular weight is 336 g/mol. The second-order valence-corrected chi connectivity index (χ2v) is 8.20. The Morgan fingerprint density at radius 3 is 2.91 bits per heavy atom. The van der Waals surface area contributed by atoms with Gasteiger partial charge in [-0.1, -0.05) is 0 Å². The molecule has 2 saturated heterocycles. The fourth-order valence-electron chi connectivity index (χ4n) is 3.56. The maximum absolute atomic E-state index is 12.5. The number of carbonyl (C=O) groups is 1. The summed E-state index contributed by atoms with van der Waals surface area (Å²) in [5.41, 5.74) is 0.518. The molecule has 0 bridgehead atoms. The lowest BCUT2D eigenvalue weighted by atomic mass is 9.88. The van der Waals surface area contributed by atoms with Gasteiger partial charge >= 0.3 is 0 Å². The summed E-state index contributed by atoms with van der Waals surface area (Å²) in [5, 5.41) is 2.80. The number of nitrogens with zero attached hydrogens (tertiary/aromatic N) is 2. The van der Waals surface area contributed by atoms with Crippen molar-refractivity contribution in [1.82, 2.24) is 9.88 Å². The third kappa shape index (κ3) is 3.44. The molecule has 1 aromatic heterocycles. The number of hydrogen-bond donors (Lipinski definition) is 0. The van der Waals surface area contributed by atoms with Gasteiger partial charge in [-0.15, -0.1) is 11.3 Å². The number of piperidine rings is 1. The maximum Gasteiger partial charge on any atom is 0.273 e. The van der Waals surface area contributed by atoms with E-state index in [0.717, 1.165) is 49.9 Å². The minimum atomic E-state index is -0.0665. The molecule has 1 saturated carbocycles. The van der Waals surface area contributed by atoms with Crippen LogP contribution in [0.1, 0.15) is 47.6 Å². The molecule has 1 atom stereocenters. The quantitative estimate of drug-likeness (QED) is 0.848. The Labute approximate surface area is 141 Å². The van der Waals surface area contributed by atoms with Crippen molar-refractivity contribution in [2.24, 2.45) is 5.92 Å². The van der Waals surface area contributed by atoms with Crippen LogP contribution in [0, 0.1) is 12.8 Å². The second kappa shape index (κ2) is 6.15. The smallest absolute Gasteiger partial charge is 0.273 e. The maximum atomic E-state index is 12.5. The van der Waals surface area contributed by atoms with Crippen molar-refractivity contribution in [1.29, 1.82) is 0 Å². The predicted molar refractivity (Wildman–Crippen MR) is 87.8 cm³/mol. The van der Waals surface area contributed by atoms with Gasteiger partial charge < -0.3 is 14.4 Å². The molecule has 1 aliphatic carbocycles. The first-order valence-corrected chi connectivity index (χ1v) is 9.48. The number of rotatable bonds is 4. The molecule has 0 aromatic carbocycles. The Morgan fingerprint density at radius 2 is 2.26 bits per heavy atom. The van der Waals surface area contributed by atoms with Crippen LogP contribution in [0.25, 0.3) is 0 Å². The van der Waals surface area contributed by atoms with E-state index in [1.165, 1.54) is 24.2 Å². The molecule has 23 heavy (non-hydrogen) atoms. The van der Waals surface area contributed by atoms with Gasteiger partial charge in [0.2, 0.25) is 0 Å². The summed E-state index contributed by atoms with van der Waals surface area (Å²) in [6, 6.07) is 0. The third-order valence-corrected chi connectivity index (χ3v) is 6.01. The Morgan fingerprint density at radius 1 is 1.48 bits per heavy atom. The van der Waals surface area contributed by atoms with Crippen molar-refractivity contribution in [2.45, 2.75) is 50.7 Å². The first-order chi connectivity index (χ1) is 11.1. The van der Waals surface area contributed by atoms with Crippen molar-refractivity contribution in [3.8, 4) is 0 Å². The lowest BCUT2D eigenvalue weighted by Gasteiger charge is -2.38. The number of hydrogen-bond acceptors (Lipinski definition) is 5. The summed E-state index contributed by atoms with van der Waals surface area (Å²) in [5.74, 6) is 0.858. The highest BCUT2D eigenvalue weighted by Crippen LogP contribution is 2.38. The zero-order valence-corrected chi connectivity index (χ0v) is 14.4. The number of amides is 1. The average Bonchev–Trinajstić information content (AvgIpc) is 3.17. The number of carbonyl (C=O) groups excluding carboxylic acids is 1. The molecule has 1 unspecified atom stereocenters. The summed E-state index contributed by atoms with van der Waals surface area (Å²) in [6.07, 6.45) is 5.70. The number of likely N-dealkylation sites (tertiary alicyclic amines) is 1. The highest BCUT2D eigenvalue weighted by atomic mass is 32.1. The van der Waals surface area contributed by atoms with Crippen LogP contribution in [0.15, 0.2) is 5.38 Å². The van der Waals surface area contributed by atoms with E-state index in [1.807, 2.05) is 17.2 Å². The molecule has 0 radical (unpaired) electrons. The lowest BCUT2D eigenvalue weighted by Crippen LogP contribution is -2.46. The lowest BCUT2D eigenvalue weighted by molar-refractivity contribution is -0.0411. The van der Waals surface area contributed by atoms with Crippen LogP contribution in [-0.4, -0.2) is 53.8 Å². The van der Waals surface area contributed by atoms with E-state index in [1.54, 1.807) is 0 Å². The van der Waals surface area contributed by atoms with Gasteiger partial charge in [0.1, 0.15) is 5.69 Å². The van der Waals surface area contributed by atoms with Gasteiger partial charge in [-0.25, -0.2) is 4.98 Å². The van der Waals surface area contributed by atoms with E-state index in [4.69, 9.17) is 9.47 Å². The molecular formula is C17H24N2O3S. The van der Waals surface area contributed by atoms with Crippen LogP contribution in [0.2, 0.25) is 0 Å². The van der Waals surface area contributed by atoms with Crippen molar-refractivity contribution < 1.29 is 14.3 Å². The van der Waals surface area contributed by atoms with Crippen molar-refractivity contribution in [3.05, 3.63) is 16.1 Å². The normalized spacial score (nSPS) is 26.8. The summed E-state index contributed by atoms with van der Waals surface area (Å²) in [6.45, 7) is 5.06. The molecule has 3 aliphatic rings. The van der Waals surface area contributed by atoms with Crippen LogP contribution in [0.4, 0.5) is 0 Å². The minimum Gasteiger partial charge on any atom is -0.375 e. The summed E-state index contributed by atoms with van der Waals surface area (Å²) in [4.78, 5) is 18.7. The number of thiazole rings is 1. The van der Waals surface area contributed by atoms with Crippen molar-refractivity contribution >= 4 is 17.2 Å². The molecule has 3 heterocycles. The number of aromatic nitrogens is 1. The summed E-state index contributed by atoms with van der Waals surface area (Å²) >= 11 is 1.53. The third-order valence-electron chi connectivity index (χ3n) is 5.24. The van der Waals surface area contributed by atoms with E-state index in [-0.39, 0.29) is 17.6 Å². The molecule has 3 fully saturated rings. The molecule has 0 N–H and O–H groups in total. The zero-order chi connectivity index (χ0) is 15.9. The van der Waals surface area contributed by atoms with E-state index in [9.17, 15) is 4.79 Å². The largest absolute Gasteiger partial charge is 0.375 e. The molecule has 126 valence electrons. The van der Waals surface area contributed by atoms with E-state index >= 15 is 0 Å². The van der Waals surface area contributed by atoms with E-state index in [0.29, 0.717) is 12.3 Å². The minimum absolute atomic E-state index is 0.0590. The standard InChI is InChI=1S/C17H24N2O3S/c1-12-18-15(11-23-12)16(20)19-6-4-17(5-7-19)8-14(10-22-17)21-9-13-2-3-13/h11,13-14H,2-10H2,1H3. The first-order valence-electron chi connectivity index (χ1n) is 8.60. The highest BCUT2D eigenvalue weighted by Gasteiger charge is 2.44. The van der Waals surface area contributed by atoms with Gasteiger partial charge in [-0.05, 0) is 38.5 Å². The van der Waals surface area contributed by atoms with E-state index in [2.05, 4.69) is 4.98 Å². The van der Waals surface area contributed by atoms with Gasteiger partial charge in [0.25, 0.3) is 5.91 Å². The van der Waals surface area contributed by atoms with Gasteiger partial charge in [0.05, 0.1) is 23.3 Å². The summed E-state index contributed by atoms with van der Waals surface area (Å²) < 4.78 is 12.1. The second-order valence-electron chi connectivity index (χ2n) is 7.14.